The Hall–Kier alpha value is -2.38. The van der Waals surface area contributed by atoms with Crippen LogP contribution in [0, 0.1) is 10.1 Å². The van der Waals surface area contributed by atoms with Crippen molar-refractivity contribution in [2.75, 3.05) is 19.3 Å². The summed E-state index contributed by atoms with van der Waals surface area (Å²) in [5.41, 5.74) is 1.27. The van der Waals surface area contributed by atoms with Gasteiger partial charge in [0, 0.05) is 36.6 Å². The van der Waals surface area contributed by atoms with Gasteiger partial charge in [-0.3, -0.25) is 19.8 Å². The van der Waals surface area contributed by atoms with Crippen molar-refractivity contribution in [1.29, 1.82) is 0 Å². The Morgan fingerprint density at radius 1 is 1.22 bits per heavy atom. The van der Waals surface area contributed by atoms with Gasteiger partial charge in [0.2, 0.25) is 0 Å². The lowest BCUT2D eigenvalue weighted by Gasteiger charge is -2.32. The van der Waals surface area contributed by atoms with Gasteiger partial charge < -0.3 is 5.32 Å². The summed E-state index contributed by atoms with van der Waals surface area (Å²) < 4.78 is 0. The number of benzene rings is 2. The SMILES string of the molecule is CSc1ccc([N+](=O)[O-])c(C(=O)NC2CCN(Cc3ccccc3)CC2)c1. The van der Waals surface area contributed by atoms with Gasteiger partial charge in [0.15, 0.2) is 0 Å². The van der Waals surface area contributed by atoms with Gasteiger partial charge in [0.1, 0.15) is 5.56 Å². The molecule has 142 valence electrons. The normalized spacial score (nSPS) is 15.4. The quantitative estimate of drug-likeness (QED) is 0.466. The van der Waals surface area contributed by atoms with Crippen LogP contribution in [0.15, 0.2) is 53.4 Å². The van der Waals surface area contributed by atoms with Crippen molar-refractivity contribution in [3.8, 4) is 0 Å². The Labute approximate surface area is 163 Å². The Kier molecular flexibility index (Phi) is 6.47. The molecule has 1 aliphatic rings. The highest BCUT2D eigenvalue weighted by molar-refractivity contribution is 7.98. The monoisotopic (exact) mass is 385 g/mol. The molecule has 7 heteroatoms. The Morgan fingerprint density at radius 3 is 2.56 bits per heavy atom. The number of likely N-dealkylation sites (tertiary alicyclic amines) is 1. The molecule has 0 atom stereocenters. The molecule has 1 heterocycles. The first kappa shape index (κ1) is 19.4. The molecular weight excluding hydrogens is 362 g/mol. The number of carbonyl (C=O) groups excluding carboxylic acids is 1. The maximum absolute atomic E-state index is 12.6. The third kappa shape index (κ3) is 5.08. The molecule has 0 radical (unpaired) electrons. The number of piperidine rings is 1. The molecule has 1 amide bonds. The van der Waals surface area contributed by atoms with Gasteiger partial charge >= 0.3 is 0 Å². The molecule has 0 spiro atoms. The zero-order valence-corrected chi connectivity index (χ0v) is 16.1. The molecule has 6 nitrogen and oxygen atoms in total. The van der Waals surface area contributed by atoms with Crippen LogP contribution in [0.3, 0.4) is 0 Å². The minimum Gasteiger partial charge on any atom is -0.349 e. The summed E-state index contributed by atoms with van der Waals surface area (Å²) in [6.45, 7) is 2.70. The number of hydrogen-bond acceptors (Lipinski definition) is 5. The van der Waals surface area contributed by atoms with E-state index in [1.165, 1.54) is 23.4 Å². The lowest BCUT2D eigenvalue weighted by atomic mass is 10.0. The van der Waals surface area contributed by atoms with E-state index in [1.54, 1.807) is 12.1 Å². The molecule has 0 bridgehead atoms. The first-order valence-electron chi connectivity index (χ1n) is 8.96. The van der Waals surface area contributed by atoms with Crippen molar-refractivity contribution < 1.29 is 9.72 Å². The van der Waals surface area contributed by atoms with E-state index in [0.29, 0.717) is 0 Å². The van der Waals surface area contributed by atoms with Crippen LogP contribution in [0.25, 0.3) is 0 Å². The number of amides is 1. The number of carbonyl (C=O) groups is 1. The number of nitro benzene ring substituents is 1. The van der Waals surface area contributed by atoms with Crippen LogP contribution < -0.4 is 5.32 Å². The first-order valence-corrected chi connectivity index (χ1v) is 10.2. The van der Waals surface area contributed by atoms with Crippen LogP contribution in [-0.4, -0.2) is 41.1 Å². The maximum atomic E-state index is 12.6. The molecule has 0 saturated carbocycles. The van der Waals surface area contributed by atoms with Crippen LogP contribution in [0.1, 0.15) is 28.8 Å². The largest absolute Gasteiger partial charge is 0.349 e. The summed E-state index contributed by atoms with van der Waals surface area (Å²) >= 11 is 1.46. The molecule has 0 unspecified atom stereocenters. The second kappa shape index (κ2) is 9.01. The molecule has 0 aliphatic carbocycles. The third-order valence-corrected chi connectivity index (χ3v) is 5.54. The van der Waals surface area contributed by atoms with Crippen LogP contribution in [0.4, 0.5) is 5.69 Å². The predicted octanol–water partition coefficient (Wildman–Crippen LogP) is 3.71. The summed E-state index contributed by atoms with van der Waals surface area (Å²) in [5.74, 6) is -0.362. The first-order chi connectivity index (χ1) is 13.1. The lowest BCUT2D eigenvalue weighted by Crippen LogP contribution is -2.44. The van der Waals surface area contributed by atoms with Gasteiger partial charge in [-0.05, 0) is 36.8 Å². The van der Waals surface area contributed by atoms with E-state index in [9.17, 15) is 14.9 Å². The molecule has 2 aromatic rings. The van der Waals surface area contributed by atoms with Crippen LogP contribution in [0.5, 0.6) is 0 Å². The number of nitrogens with one attached hydrogen (secondary N) is 1. The second-order valence-corrected chi connectivity index (χ2v) is 7.53. The molecule has 1 aliphatic heterocycles. The van der Waals surface area contributed by atoms with E-state index in [4.69, 9.17) is 0 Å². The van der Waals surface area contributed by atoms with Gasteiger partial charge in [-0.15, -0.1) is 11.8 Å². The standard InChI is InChI=1S/C20H23N3O3S/c1-27-17-7-8-19(23(25)26)18(13-17)20(24)21-16-9-11-22(12-10-16)14-15-5-3-2-4-6-15/h2-8,13,16H,9-12,14H2,1H3,(H,21,24). The van der Waals surface area contributed by atoms with Crippen LogP contribution in [0.2, 0.25) is 0 Å². The van der Waals surface area contributed by atoms with Crippen molar-refractivity contribution in [2.24, 2.45) is 0 Å². The summed E-state index contributed by atoms with van der Waals surface area (Å²) in [4.78, 5) is 26.6. The number of thioether (sulfide) groups is 1. The number of hydrogen-bond donors (Lipinski definition) is 1. The minimum atomic E-state index is -0.499. The molecule has 1 saturated heterocycles. The van der Waals surface area contributed by atoms with Crippen molar-refractivity contribution in [2.45, 2.75) is 30.3 Å². The van der Waals surface area contributed by atoms with E-state index in [-0.39, 0.29) is 23.2 Å². The van der Waals surface area contributed by atoms with Gasteiger partial charge in [-0.1, -0.05) is 30.3 Å². The second-order valence-electron chi connectivity index (χ2n) is 6.65. The molecule has 1 fully saturated rings. The van der Waals surface area contributed by atoms with Crippen LogP contribution in [-0.2, 0) is 6.54 Å². The summed E-state index contributed by atoms with van der Waals surface area (Å²) in [5, 5.41) is 14.2. The highest BCUT2D eigenvalue weighted by Gasteiger charge is 2.25. The molecule has 0 aromatic heterocycles. The van der Waals surface area contributed by atoms with Gasteiger partial charge in [-0.2, -0.15) is 0 Å². The Morgan fingerprint density at radius 2 is 1.93 bits per heavy atom. The molecule has 2 aromatic carbocycles. The van der Waals surface area contributed by atoms with Crippen molar-refractivity contribution in [3.05, 3.63) is 69.8 Å². The smallest absolute Gasteiger partial charge is 0.282 e. The number of rotatable bonds is 6. The van der Waals surface area contributed by atoms with E-state index < -0.39 is 4.92 Å². The summed E-state index contributed by atoms with van der Waals surface area (Å²) in [7, 11) is 0. The molecule has 27 heavy (non-hydrogen) atoms. The van der Waals surface area contributed by atoms with Crippen molar-refractivity contribution >= 4 is 23.4 Å². The van der Waals surface area contributed by atoms with Gasteiger partial charge in [0.25, 0.3) is 11.6 Å². The zero-order valence-electron chi connectivity index (χ0n) is 15.3. The van der Waals surface area contributed by atoms with E-state index in [0.717, 1.165) is 37.4 Å². The molecular formula is C20H23N3O3S. The van der Waals surface area contributed by atoms with E-state index in [1.807, 2.05) is 24.5 Å². The molecule has 3 rings (SSSR count). The maximum Gasteiger partial charge on any atom is 0.282 e. The van der Waals surface area contributed by atoms with Gasteiger partial charge in [-0.25, -0.2) is 0 Å². The highest BCUT2D eigenvalue weighted by atomic mass is 32.2. The topological polar surface area (TPSA) is 75.5 Å². The lowest BCUT2D eigenvalue weighted by molar-refractivity contribution is -0.385. The summed E-state index contributed by atoms with van der Waals surface area (Å²) in [6, 6.07) is 15.0. The predicted molar refractivity (Wildman–Crippen MR) is 107 cm³/mol. The zero-order chi connectivity index (χ0) is 19.2. The number of nitrogens with zero attached hydrogens (tertiary/aromatic N) is 2. The highest BCUT2D eigenvalue weighted by Crippen LogP contribution is 2.25. The van der Waals surface area contributed by atoms with E-state index in [2.05, 4.69) is 22.3 Å². The van der Waals surface area contributed by atoms with Crippen LogP contribution >= 0.6 is 11.8 Å². The van der Waals surface area contributed by atoms with E-state index >= 15 is 0 Å². The fraction of sp³-hybridized carbons (Fsp3) is 0.350. The van der Waals surface area contributed by atoms with Crippen molar-refractivity contribution in [1.82, 2.24) is 10.2 Å². The number of nitro groups is 1. The minimum absolute atomic E-state index is 0.0436. The average Bonchev–Trinajstić information content (AvgIpc) is 2.69. The Bertz CT molecular complexity index is 805. The fourth-order valence-corrected chi connectivity index (χ4v) is 3.76. The fourth-order valence-electron chi connectivity index (χ4n) is 3.32. The Balaban J connectivity index is 1.59. The molecule has 1 N–H and O–H groups in total. The average molecular weight is 385 g/mol. The summed E-state index contributed by atoms with van der Waals surface area (Å²) in [6.07, 6.45) is 3.56. The van der Waals surface area contributed by atoms with Gasteiger partial charge in [0.05, 0.1) is 4.92 Å². The van der Waals surface area contributed by atoms with Crippen molar-refractivity contribution in [3.63, 3.8) is 0 Å². The third-order valence-electron chi connectivity index (χ3n) is 4.82.